The summed E-state index contributed by atoms with van der Waals surface area (Å²) in [5, 5.41) is 0. The molecule has 2 N–H and O–H groups in total. The van der Waals surface area contributed by atoms with Crippen molar-refractivity contribution in [1.82, 2.24) is 0 Å². The van der Waals surface area contributed by atoms with Crippen molar-refractivity contribution in [1.29, 1.82) is 0 Å². The molecule has 0 amide bonds. The van der Waals surface area contributed by atoms with E-state index in [1.165, 1.54) is 11.1 Å². The predicted octanol–water partition coefficient (Wildman–Crippen LogP) is 2.32. The first-order chi connectivity index (χ1) is 6.26. The zero-order chi connectivity index (χ0) is 9.31. The Hall–Kier alpha value is -1.08. The summed E-state index contributed by atoms with van der Waals surface area (Å²) in [6.07, 6.45) is 5.46. The maximum atomic E-state index is 5.82. The van der Waals surface area contributed by atoms with Gasteiger partial charge in [-0.05, 0) is 17.5 Å². The standard InChI is InChI=1S/C12H15N/c1-12(9-13)8-4-6-10-5-2-3-7-11(10)12/h2-7H,8-9,13H2,1H3. The Balaban J connectivity index is 2.55. The van der Waals surface area contributed by atoms with Gasteiger partial charge in [-0.2, -0.15) is 0 Å². The molecular weight excluding hydrogens is 158 g/mol. The van der Waals surface area contributed by atoms with Crippen LogP contribution in [0.2, 0.25) is 0 Å². The van der Waals surface area contributed by atoms with Gasteiger partial charge in [0.2, 0.25) is 0 Å². The van der Waals surface area contributed by atoms with Gasteiger partial charge < -0.3 is 5.73 Å². The van der Waals surface area contributed by atoms with Crippen LogP contribution < -0.4 is 5.73 Å². The van der Waals surface area contributed by atoms with Crippen molar-refractivity contribution in [2.24, 2.45) is 5.73 Å². The number of allylic oxidation sites excluding steroid dienone is 1. The van der Waals surface area contributed by atoms with Gasteiger partial charge in [-0.1, -0.05) is 43.3 Å². The Morgan fingerprint density at radius 2 is 2.15 bits per heavy atom. The van der Waals surface area contributed by atoms with Crippen molar-refractivity contribution in [2.75, 3.05) is 6.54 Å². The molecule has 0 saturated carbocycles. The zero-order valence-corrected chi connectivity index (χ0v) is 7.96. The lowest BCUT2D eigenvalue weighted by Gasteiger charge is -2.31. The first kappa shape index (κ1) is 8.52. The highest BCUT2D eigenvalue weighted by Crippen LogP contribution is 2.34. The highest BCUT2D eigenvalue weighted by molar-refractivity contribution is 5.59. The average molecular weight is 173 g/mol. The molecule has 1 heteroatoms. The Morgan fingerprint density at radius 3 is 2.92 bits per heavy atom. The van der Waals surface area contributed by atoms with E-state index in [2.05, 4.69) is 43.3 Å². The Labute approximate surface area is 79.3 Å². The Bertz CT molecular complexity index is 341. The molecule has 0 heterocycles. The molecule has 0 spiro atoms. The van der Waals surface area contributed by atoms with Crippen molar-refractivity contribution in [3.8, 4) is 0 Å². The van der Waals surface area contributed by atoms with Crippen molar-refractivity contribution >= 4 is 6.08 Å². The van der Waals surface area contributed by atoms with Crippen LogP contribution in [0.25, 0.3) is 6.08 Å². The molecule has 1 aromatic rings. The molecule has 1 aromatic carbocycles. The largest absolute Gasteiger partial charge is 0.330 e. The smallest absolute Gasteiger partial charge is 0.00877 e. The number of hydrogen-bond donors (Lipinski definition) is 1. The topological polar surface area (TPSA) is 26.0 Å². The number of benzene rings is 1. The second kappa shape index (κ2) is 3.00. The molecule has 68 valence electrons. The lowest BCUT2D eigenvalue weighted by Crippen LogP contribution is -2.33. The highest BCUT2D eigenvalue weighted by atomic mass is 14.6. The lowest BCUT2D eigenvalue weighted by molar-refractivity contribution is 0.486. The van der Waals surface area contributed by atoms with Crippen LogP contribution in [0.5, 0.6) is 0 Å². The lowest BCUT2D eigenvalue weighted by atomic mass is 9.74. The molecule has 1 nitrogen and oxygen atoms in total. The Kier molecular flexibility index (Phi) is 1.97. The van der Waals surface area contributed by atoms with Gasteiger partial charge in [0.1, 0.15) is 0 Å². The summed E-state index contributed by atoms with van der Waals surface area (Å²) in [5.74, 6) is 0. The SMILES string of the molecule is CC1(CN)CC=Cc2ccccc21. The molecule has 0 bridgehead atoms. The predicted molar refractivity (Wildman–Crippen MR) is 56.5 cm³/mol. The van der Waals surface area contributed by atoms with Crippen molar-refractivity contribution in [3.63, 3.8) is 0 Å². The van der Waals surface area contributed by atoms with E-state index in [0.717, 1.165) is 6.42 Å². The van der Waals surface area contributed by atoms with Crippen molar-refractivity contribution < 1.29 is 0 Å². The molecule has 2 rings (SSSR count). The molecule has 0 aliphatic heterocycles. The van der Waals surface area contributed by atoms with E-state index in [-0.39, 0.29) is 5.41 Å². The minimum Gasteiger partial charge on any atom is -0.330 e. The molecule has 1 aliphatic rings. The van der Waals surface area contributed by atoms with Gasteiger partial charge >= 0.3 is 0 Å². The summed E-state index contributed by atoms with van der Waals surface area (Å²) in [5.41, 5.74) is 8.67. The van der Waals surface area contributed by atoms with Gasteiger partial charge in [0.05, 0.1) is 0 Å². The minimum atomic E-state index is 0.144. The van der Waals surface area contributed by atoms with E-state index >= 15 is 0 Å². The summed E-state index contributed by atoms with van der Waals surface area (Å²) in [4.78, 5) is 0. The first-order valence-corrected chi connectivity index (χ1v) is 4.72. The summed E-state index contributed by atoms with van der Waals surface area (Å²) >= 11 is 0. The van der Waals surface area contributed by atoms with Crippen LogP contribution in [0.4, 0.5) is 0 Å². The van der Waals surface area contributed by atoms with Crippen LogP contribution in [0.15, 0.2) is 30.3 Å². The third kappa shape index (κ3) is 1.29. The summed E-state index contributed by atoms with van der Waals surface area (Å²) < 4.78 is 0. The van der Waals surface area contributed by atoms with Crippen LogP contribution in [-0.2, 0) is 5.41 Å². The van der Waals surface area contributed by atoms with Gasteiger partial charge in [-0.25, -0.2) is 0 Å². The third-order valence-electron chi connectivity index (χ3n) is 2.93. The van der Waals surface area contributed by atoms with Gasteiger partial charge in [0, 0.05) is 12.0 Å². The van der Waals surface area contributed by atoms with Gasteiger partial charge in [-0.15, -0.1) is 0 Å². The quantitative estimate of drug-likeness (QED) is 0.693. The number of hydrogen-bond acceptors (Lipinski definition) is 1. The average Bonchev–Trinajstić information content (AvgIpc) is 2.19. The summed E-state index contributed by atoms with van der Waals surface area (Å²) in [6, 6.07) is 8.50. The number of fused-ring (bicyclic) bond motifs is 1. The van der Waals surface area contributed by atoms with E-state index in [1.54, 1.807) is 0 Å². The maximum absolute atomic E-state index is 5.82. The highest BCUT2D eigenvalue weighted by Gasteiger charge is 2.27. The first-order valence-electron chi connectivity index (χ1n) is 4.72. The van der Waals surface area contributed by atoms with Gasteiger partial charge in [0.25, 0.3) is 0 Å². The molecular formula is C12H15N. The van der Waals surface area contributed by atoms with Crippen LogP contribution in [-0.4, -0.2) is 6.54 Å². The molecule has 1 unspecified atom stereocenters. The Morgan fingerprint density at radius 1 is 1.38 bits per heavy atom. The third-order valence-corrected chi connectivity index (χ3v) is 2.93. The van der Waals surface area contributed by atoms with E-state index in [4.69, 9.17) is 5.73 Å². The van der Waals surface area contributed by atoms with E-state index < -0.39 is 0 Å². The molecule has 0 saturated heterocycles. The van der Waals surface area contributed by atoms with Gasteiger partial charge in [0.15, 0.2) is 0 Å². The van der Waals surface area contributed by atoms with E-state index in [1.807, 2.05) is 0 Å². The molecule has 13 heavy (non-hydrogen) atoms. The molecule has 0 radical (unpaired) electrons. The van der Waals surface area contributed by atoms with Crippen LogP contribution in [0.3, 0.4) is 0 Å². The summed E-state index contributed by atoms with van der Waals surface area (Å²) in [7, 11) is 0. The van der Waals surface area contributed by atoms with Crippen LogP contribution in [0.1, 0.15) is 24.5 Å². The van der Waals surface area contributed by atoms with Gasteiger partial charge in [-0.3, -0.25) is 0 Å². The normalized spacial score (nSPS) is 25.7. The van der Waals surface area contributed by atoms with Crippen LogP contribution in [0, 0.1) is 0 Å². The monoisotopic (exact) mass is 173 g/mol. The fourth-order valence-electron chi connectivity index (χ4n) is 1.94. The fraction of sp³-hybridized carbons (Fsp3) is 0.333. The minimum absolute atomic E-state index is 0.144. The summed E-state index contributed by atoms with van der Waals surface area (Å²) in [6.45, 7) is 2.95. The maximum Gasteiger partial charge on any atom is 0.00877 e. The van der Waals surface area contributed by atoms with E-state index in [0.29, 0.717) is 6.54 Å². The molecule has 1 atom stereocenters. The fourth-order valence-corrected chi connectivity index (χ4v) is 1.94. The molecule has 0 fully saturated rings. The number of rotatable bonds is 1. The zero-order valence-electron chi connectivity index (χ0n) is 7.96. The molecule has 0 aromatic heterocycles. The van der Waals surface area contributed by atoms with Crippen molar-refractivity contribution in [3.05, 3.63) is 41.5 Å². The second-order valence-corrected chi connectivity index (χ2v) is 3.96. The second-order valence-electron chi connectivity index (χ2n) is 3.96. The van der Waals surface area contributed by atoms with Crippen molar-refractivity contribution in [2.45, 2.75) is 18.8 Å². The molecule has 1 aliphatic carbocycles. The van der Waals surface area contributed by atoms with Crippen LogP contribution >= 0.6 is 0 Å². The van der Waals surface area contributed by atoms with E-state index in [9.17, 15) is 0 Å². The number of nitrogens with two attached hydrogens (primary N) is 1.